The molecule has 1 aliphatic rings. The first-order valence-electron chi connectivity index (χ1n) is 9.16. The van der Waals surface area contributed by atoms with Gasteiger partial charge in [-0.15, -0.1) is 0 Å². The van der Waals surface area contributed by atoms with E-state index in [2.05, 4.69) is 4.98 Å². The van der Waals surface area contributed by atoms with Crippen molar-refractivity contribution in [2.45, 2.75) is 31.6 Å². The molecule has 1 fully saturated rings. The molecule has 3 rings (SSSR count). The van der Waals surface area contributed by atoms with Crippen molar-refractivity contribution in [2.75, 3.05) is 26.3 Å². The van der Waals surface area contributed by atoms with E-state index in [4.69, 9.17) is 9.47 Å². The van der Waals surface area contributed by atoms with Gasteiger partial charge in [0.1, 0.15) is 11.3 Å². The molecule has 0 N–H and O–H groups in total. The molecular weight excluding hydrogens is 368 g/mol. The third kappa shape index (κ3) is 3.91. The van der Waals surface area contributed by atoms with Gasteiger partial charge in [0.2, 0.25) is 10.0 Å². The number of piperidine rings is 1. The summed E-state index contributed by atoms with van der Waals surface area (Å²) < 4.78 is 38.6. The maximum absolute atomic E-state index is 13.3. The summed E-state index contributed by atoms with van der Waals surface area (Å²) in [5, 5.41) is 0.515. The normalized spacial score (nSPS) is 18.4. The number of hydrogen-bond acceptors (Lipinski definition) is 6. The number of ether oxygens (including phenoxy) is 2. The van der Waals surface area contributed by atoms with Gasteiger partial charge in [-0.3, -0.25) is 9.78 Å². The second-order valence-electron chi connectivity index (χ2n) is 6.35. The maximum atomic E-state index is 13.3. The van der Waals surface area contributed by atoms with Gasteiger partial charge < -0.3 is 9.47 Å². The first kappa shape index (κ1) is 19.6. The Hall–Kier alpha value is -2.19. The van der Waals surface area contributed by atoms with Crippen molar-refractivity contribution >= 4 is 26.9 Å². The van der Waals surface area contributed by atoms with Gasteiger partial charge in [0.05, 0.1) is 24.0 Å². The van der Waals surface area contributed by atoms with Crippen molar-refractivity contribution in [1.29, 1.82) is 0 Å². The van der Waals surface area contributed by atoms with Crippen LogP contribution in [0.15, 0.2) is 35.4 Å². The first-order chi connectivity index (χ1) is 13.0. The number of esters is 1. The van der Waals surface area contributed by atoms with Crippen molar-refractivity contribution in [3.8, 4) is 5.75 Å². The average molecular weight is 392 g/mol. The van der Waals surface area contributed by atoms with Crippen LogP contribution in [0.2, 0.25) is 0 Å². The number of benzene rings is 1. The highest BCUT2D eigenvalue weighted by Crippen LogP contribution is 2.32. The highest BCUT2D eigenvalue weighted by Gasteiger charge is 2.35. The Morgan fingerprint density at radius 1 is 1.26 bits per heavy atom. The number of carbonyl (C=O) groups excluding carboxylic acids is 1. The van der Waals surface area contributed by atoms with Crippen molar-refractivity contribution in [1.82, 2.24) is 9.29 Å². The molecule has 0 saturated carbocycles. The molecule has 1 atom stereocenters. The molecule has 0 spiro atoms. The van der Waals surface area contributed by atoms with Crippen LogP contribution < -0.4 is 4.74 Å². The minimum atomic E-state index is -3.77. The number of pyridine rings is 1. The number of rotatable bonds is 6. The van der Waals surface area contributed by atoms with Crippen LogP contribution >= 0.6 is 0 Å². The molecule has 1 saturated heterocycles. The summed E-state index contributed by atoms with van der Waals surface area (Å²) in [5.41, 5.74) is 0.513. The van der Waals surface area contributed by atoms with E-state index in [-0.39, 0.29) is 24.0 Å². The zero-order chi connectivity index (χ0) is 19.4. The Morgan fingerprint density at radius 2 is 2.07 bits per heavy atom. The lowest BCUT2D eigenvalue weighted by Crippen LogP contribution is -2.42. The van der Waals surface area contributed by atoms with Crippen molar-refractivity contribution < 1.29 is 22.7 Å². The number of sulfonamides is 1. The third-order valence-electron chi connectivity index (χ3n) is 4.61. The fraction of sp³-hybridized carbons (Fsp3) is 0.474. The first-order valence-corrected chi connectivity index (χ1v) is 10.6. The van der Waals surface area contributed by atoms with Crippen molar-refractivity contribution in [3.63, 3.8) is 0 Å². The number of aromatic nitrogens is 1. The van der Waals surface area contributed by atoms with Crippen LogP contribution in [0.25, 0.3) is 10.9 Å². The van der Waals surface area contributed by atoms with E-state index in [1.54, 1.807) is 37.4 Å². The Kier molecular flexibility index (Phi) is 5.96. The van der Waals surface area contributed by atoms with E-state index < -0.39 is 15.9 Å². The number of fused-ring (bicyclic) bond motifs is 1. The number of hydrogen-bond donors (Lipinski definition) is 0. The molecule has 8 heteroatoms. The number of carbonyl (C=O) groups is 1. The van der Waals surface area contributed by atoms with Gasteiger partial charge in [-0.25, -0.2) is 8.42 Å². The maximum Gasteiger partial charge on any atom is 0.310 e. The fourth-order valence-corrected chi connectivity index (χ4v) is 5.08. The Bertz CT molecular complexity index is 929. The van der Waals surface area contributed by atoms with Crippen molar-refractivity contribution in [2.24, 2.45) is 5.92 Å². The van der Waals surface area contributed by atoms with Crippen LogP contribution in [0.5, 0.6) is 5.75 Å². The summed E-state index contributed by atoms with van der Waals surface area (Å²) in [6, 6.07) is 6.62. The van der Waals surface area contributed by atoms with E-state index in [0.717, 1.165) is 0 Å². The summed E-state index contributed by atoms with van der Waals surface area (Å²) in [6.07, 6.45) is 2.87. The lowest BCUT2D eigenvalue weighted by Gasteiger charge is -2.31. The minimum Gasteiger partial charge on any atom is -0.492 e. The van der Waals surface area contributed by atoms with Crippen LogP contribution in [0.3, 0.4) is 0 Å². The van der Waals surface area contributed by atoms with Crippen LogP contribution in [-0.2, 0) is 19.6 Å². The molecule has 2 aromatic rings. The molecule has 0 bridgehead atoms. The average Bonchev–Trinajstić information content (AvgIpc) is 2.68. The largest absolute Gasteiger partial charge is 0.492 e. The second kappa shape index (κ2) is 8.22. The molecule has 1 aromatic carbocycles. The SMILES string of the molecule is CCOC(=O)C1CCCN(S(=O)(=O)c2ccc(OCC)c3ncccc23)C1. The summed E-state index contributed by atoms with van der Waals surface area (Å²) in [4.78, 5) is 16.5. The molecule has 1 aliphatic heterocycles. The number of nitrogens with zero attached hydrogens (tertiary/aromatic N) is 2. The summed E-state index contributed by atoms with van der Waals surface area (Å²) in [5.74, 6) is -0.216. The summed E-state index contributed by atoms with van der Waals surface area (Å²) in [6.45, 7) is 4.88. The Balaban J connectivity index is 1.97. The van der Waals surface area contributed by atoms with E-state index in [0.29, 0.717) is 42.6 Å². The predicted octanol–water partition coefficient (Wildman–Crippen LogP) is 2.60. The van der Waals surface area contributed by atoms with Crippen LogP contribution in [0.4, 0.5) is 0 Å². The predicted molar refractivity (Wildman–Crippen MR) is 101 cm³/mol. The second-order valence-corrected chi connectivity index (χ2v) is 8.26. The zero-order valence-corrected chi connectivity index (χ0v) is 16.4. The molecule has 0 amide bonds. The van der Waals surface area contributed by atoms with Crippen molar-refractivity contribution in [3.05, 3.63) is 30.5 Å². The third-order valence-corrected chi connectivity index (χ3v) is 6.54. The summed E-state index contributed by atoms with van der Waals surface area (Å²) in [7, 11) is -3.77. The highest BCUT2D eigenvalue weighted by molar-refractivity contribution is 7.89. The van der Waals surface area contributed by atoms with Gasteiger partial charge in [-0.2, -0.15) is 4.31 Å². The van der Waals surface area contributed by atoms with Gasteiger partial charge in [0.25, 0.3) is 0 Å². The molecule has 1 unspecified atom stereocenters. The van der Waals surface area contributed by atoms with Gasteiger partial charge >= 0.3 is 5.97 Å². The molecule has 7 nitrogen and oxygen atoms in total. The van der Waals surface area contributed by atoms with E-state index >= 15 is 0 Å². The van der Waals surface area contributed by atoms with Gasteiger partial charge in [-0.1, -0.05) is 0 Å². The van der Waals surface area contributed by atoms with Crippen LogP contribution in [-0.4, -0.2) is 50.0 Å². The monoisotopic (exact) mass is 392 g/mol. The van der Waals surface area contributed by atoms with E-state index in [1.807, 2.05) is 6.92 Å². The van der Waals surface area contributed by atoms with Crippen LogP contribution in [0.1, 0.15) is 26.7 Å². The van der Waals surface area contributed by atoms with E-state index in [9.17, 15) is 13.2 Å². The quantitative estimate of drug-likeness (QED) is 0.703. The Morgan fingerprint density at radius 3 is 2.81 bits per heavy atom. The lowest BCUT2D eigenvalue weighted by atomic mass is 10.0. The standard InChI is InChI=1S/C19H24N2O5S/c1-3-25-16-9-10-17(15-8-5-11-20-18(15)16)27(23,24)21-12-6-7-14(13-21)19(22)26-4-2/h5,8-11,14H,3-4,6-7,12-13H2,1-2H3. The Labute approximate surface area is 159 Å². The fourth-order valence-electron chi connectivity index (χ4n) is 3.37. The smallest absolute Gasteiger partial charge is 0.310 e. The topological polar surface area (TPSA) is 85.8 Å². The highest BCUT2D eigenvalue weighted by atomic mass is 32.2. The molecule has 0 radical (unpaired) electrons. The molecule has 1 aromatic heterocycles. The minimum absolute atomic E-state index is 0.135. The van der Waals surface area contributed by atoms with Gasteiger partial charge in [0, 0.05) is 24.7 Å². The molecule has 27 heavy (non-hydrogen) atoms. The van der Waals surface area contributed by atoms with Gasteiger partial charge in [0.15, 0.2) is 0 Å². The molecular formula is C19H24N2O5S. The van der Waals surface area contributed by atoms with Gasteiger partial charge in [-0.05, 0) is 51.0 Å². The molecule has 2 heterocycles. The van der Waals surface area contributed by atoms with Crippen LogP contribution in [0, 0.1) is 5.92 Å². The lowest BCUT2D eigenvalue weighted by molar-refractivity contribution is -0.149. The zero-order valence-electron chi connectivity index (χ0n) is 15.6. The molecule has 0 aliphatic carbocycles. The summed E-state index contributed by atoms with van der Waals surface area (Å²) >= 11 is 0. The van der Waals surface area contributed by atoms with E-state index in [1.165, 1.54) is 4.31 Å². The molecule has 146 valence electrons.